The zero-order valence-electron chi connectivity index (χ0n) is 26.3. The molecule has 5 N–H and O–H groups in total. The SMILES string of the molecule is COC(=O)C1=NN(c2cc(S(=O)(=O)O)ccc2S(=O)(=O)O)C(=O)C1=CC=CC=Cc1c(C(=O)OC)[nH]n(-c2cc(S(=O)(=O)O)ccc2S(=O)(=O)O)c1=O. The summed E-state index contributed by atoms with van der Waals surface area (Å²) < 4.78 is 143. The van der Waals surface area contributed by atoms with Crippen LogP contribution in [0.5, 0.6) is 0 Å². The molecule has 1 aliphatic rings. The van der Waals surface area contributed by atoms with Crippen LogP contribution >= 0.6 is 0 Å². The van der Waals surface area contributed by atoms with Gasteiger partial charge in [0.25, 0.3) is 51.9 Å². The molecule has 3 aromatic rings. The maximum Gasteiger partial charge on any atom is 0.359 e. The number of H-pyrrole nitrogens is 1. The molecule has 0 unspecified atom stereocenters. The second-order valence-corrected chi connectivity index (χ2v) is 15.7. The van der Waals surface area contributed by atoms with Crippen molar-refractivity contribution in [3.63, 3.8) is 0 Å². The summed E-state index contributed by atoms with van der Waals surface area (Å²) in [6, 6.07) is 3.33. The lowest BCUT2D eigenvalue weighted by atomic mass is 10.1. The van der Waals surface area contributed by atoms with E-state index >= 15 is 0 Å². The fraction of sp³-hybridized carbons (Fsp3) is 0.0741. The standard InChI is InChI=1S/C27H22N4O18S4/c1-48-26(34)22-16(24(32)30(28-22)18-12-14(50(36,37)38)8-10-20(18)52(42,43)44)6-4-3-5-7-17-23(27(35)49-2)29-31(25(17)33)19-13-15(51(39,40)41)9-11-21(19)53(45,46)47/h3-13,28H,1-2H3,(H,36,37,38)(H,39,40,41)(H,42,43,44)(H,45,46,47). The highest BCUT2D eigenvalue weighted by Gasteiger charge is 2.38. The van der Waals surface area contributed by atoms with E-state index in [2.05, 4.69) is 19.7 Å². The van der Waals surface area contributed by atoms with E-state index < -0.39 is 117 Å². The molecule has 4 rings (SSSR count). The number of rotatable bonds is 11. The van der Waals surface area contributed by atoms with Gasteiger partial charge in [-0.15, -0.1) is 0 Å². The van der Waals surface area contributed by atoms with Crippen LogP contribution in [0.3, 0.4) is 0 Å². The number of hydrazone groups is 1. The highest BCUT2D eigenvalue weighted by atomic mass is 32.2. The highest BCUT2D eigenvalue weighted by molar-refractivity contribution is 7.87. The molecule has 0 radical (unpaired) electrons. The second kappa shape index (κ2) is 14.4. The van der Waals surface area contributed by atoms with Crippen molar-refractivity contribution in [2.75, 3.05) is 19.2 Å². The molecule has 26 heteroatoms. The number of methoxy groups -OCH3 is 2. The third-order valence-electron chi connectivity index (χ3n) is 6.80. The van der Waals surface area contributed by atoms with Crippen LogP contribution in [0.25, 0.3) is 11.8 Å². The number of anilines is 1. The number of allylic oxidation sites excluding steroid dienone is 4. The predicted octanol–water partition coefficient (Wildman–Crippen LogP) is 0.0106. The lowest BCUT2D eigenvalue weighted by Gasteiger charge is -2.15. The number of carbonyl (C=O) groups is 3. The van der Waals surface area contributed by atoms with Gasteiger partial charge < -0.3 is 9.47 Å². The Bertz CT molecular complexity index is 2720. The summed E-state index contributed by atoms with van der Waals surface area (Å²) in [5, 5.41) is 6.18. The van der Waals surface area contributed by atoms with Gasteiger partial charge in [0.15, 0.2) is 11.4 Å². The van der Waals surface area contributed by atoms with Crippen molar-refractivity contribution in [1.82, 2.24) is 9.78 Å². The Morgan fingerprint density at radius 3 is 1.72 bits per heavy atom. The van der Waals surface area contributed by atoms with Gasteiger partial charge in [-0.05, 0) is 48.6 Å². The van der Waals surface area contributed by atoms with E-state index in [-0.39, 0.29) is 5.01 Å². The van der Waals surface area contributed by atoms with Crippen molar-refractivity contribution in [1.29, 1.82) is 0 Å². The Hall–Kier alpha value is -5.61. The molecule has 0 aliphatic carbocycles. The van der Waals surface area contributed by atoms with Gasteiger partial charge in [0.2, 0.25) is 0 Å². The van der Waals surface area contributed by atoms with Gasteiger partial charge in [0, 0.05) is 0 Å². The molecule has 0 bridgehead atoms. The number of aromatic nitrogens is 2. The Morgan fingerprint density at radius 2 is 1.23 bits per heavy atom. The molecule has 22 nitrogen and oxygen atoms in total. The Labute approximate surface area is 297 Å². The minimum atomic E-state index is -5.16. The topological polar surface area (TPSA) is 341 Å². The smallest absolute Gasteiger partial charge is 0.359 e. The number of hydrogen-bond acceptors (Lipinski definition) is 15. The monoisotopic (exact) mass is 818 g/mol. The molecular weight excluding hydrogens is 797 g/mol. The number of carbonyl (C=O) groups excluding carboxylic acids is 3. The van der Waals surface area contributed by atoms with Crippen molar-refractivity contribution in [3.05, 3.63) is 87.9 Å². The van der Waals surface area contributed by atoms with Crippen LogP contribution in [-0.2, 0) is 59.5 Å². The van der Waals surface area contributed by atoms with Crippen molar-refractivity contribution >= 4 is 75.8 Å². The van der Waals surface area contributed by atoms with Crippen molar-refractivity contribution in [2.24, 2.45) is 5.10 Å². The first-order valence-electron chi connectivity index (χ1n) is 13.6. The molecule has 2 aromatic carbocycles. The van der Waals surface area contributed by atoms with Gasteiger partial charge in [0.1, 0.15) is 9.79 Å². The first-order valence-corrected chi connectivity index (χ1v) is 19.4. The summed E-state index contributed by atoms with van der Waals surface area (Å²) in [6.45, 7) is 0. The summed E-state index contributed by atoms with van der Waals surface area (Å²) in [5.74, 6) is -3.70. The molecule has 0 saturated carbocycles. The van der Waals surface area contributed by atoms with Crippen molar-refractivity contribution < 1.29 is 75.7 Å². The number of amides is 1. The van der Waals surface area contributed by atoms with Crippen LogP contribution in [0.2, 0.25) is 0 Å². The molecule has 0 saturated heterocycles. The average molecular weight is 819 g/mol. The molecule has 1 aliphatic heterocycles. The molecule has 2 heterocycles. The molecule has 1 aromatic heterocycles. The molecule has 0 atom stereocenters. The van der Waals surface area contributed by atoms with Crippen LogP contribution in [-0.4, -0.2) is 99.4 Å². The van der Waals surface area contributed by atoms with Crippen molar-refractivity contribution in [2.45, 2.75) is 19.6 Å². The zero-order chi connectivity index (χ0) is 39.8. The molecule has 1 amide bonds. The predicted molar refractivity (Wildman–Crippen MR) is 177 cm³/mol. The third kappa shape index (κ3) is 8.39. The fourth-order valence-electron chi connectivity index (χ4n) is 4.47. The lowest BCUT2D eigenvalue weighted by Crippen LogP contribution is -2.24. The van der Waals surface area contributed by atoms with E-state index in [1.54, 1.807) is 0 Å². The Morgan fingerprint density at radius 1 is 0.717 bits per heavy atom. The Balaban J connectivity index is 1.80. The van der Waals surface area contributed by atoms with Crippen LogP contribution in [0.4, 0.5) is 5.69 Å². The van der Waals surface area contributed by atoms with Crippen LogP contribution < -0.4 is 10.6 Å². The summed E-state index contributed by atoms with van der Waals surface area (Å²) in [6.07, 6.45) is 5.10. The second-order valence-electron chi connectivity index (χ2n) is 10.1. The Kier molecular flexibility index (Phi) is 10.9. The molecule has 282 valence electrons. The zero-order valence-corrected chi connectivity index (χ0v) is 29.6. The van der Waals surface area contributed by atoms with Gasteiger partial charge >= 0.3 is 11.9 Å². The summed E-state index contributed by atoms with van der Waals surface area (Å²) >= 11 is 0. The number of nitrogens with one attached hydrogen (secondary N) is 1. The van der Waals surface area contributed by atoms with Gasteiger partial charge in [-0.25, -0.2) is 14.3 Å². The summed E-state index contributed by atoms with van der Waals surface area (Å²) in [5.41, 5.74) is -5.43. The van der Waals surface area contributed by atoms with E-state index in [1.807, 2.05) is 0 Å². The number of ether oxygens (including phenoxy) is 2. The van der Waals surface area contributed by atoms with Gasteiger partial charge in [0.05, 0.1) is 46.5 Å². The minimum Gasteiger partial charge on any atom is -0.464 e. The number of aromatic amines is 1. The summed E-state index contributed by atoms with van der Waals surface area (Å²) in [4.78, 5) is 47.9. The summed E-state index contributed by atoms with van der Waals surface area (Å²) in [7, 11) is -18.4. The lowest BCUT2D eigenvalue weighted by molar-refractivity contribution is -0.132. The first kappa shape index (κ1) is 40.2. The quantitative estimate of drug-likeness (QED) is 0.0736. The third-order valence-corrected chi connectivity index (χ3v) is 10.3. The maximum absolute atomic E-state index is 13.4. The molecule has 53 heavy (non-hydrogen) atoms. The maximum atomic E-state index is 13.4. The van der Waals surface area contributed by atoms with Gasteiger partial charge in [-0.2, -0.15) is 43.8 Å². The highest BCUT2D eigenvalue weighted by Crippen LogP contribution is 2.33. The van der Waals surface area contributed by atoms with Gasteiger partial charge in [-0.1, -0.05) is 18.2 Å². The van der Waals surface area contributed by atoms with E-state index in [0.717, 1.165) is 44.6 Å². The normalized spacial score (nSPS) is 15.1. The molecule has 0 spiro atoms. The molecular formula is C27H22N4O18S4. The number of benzene rings is 2. The van der Waals surface area contributed by atoms with E-state index in [0.29, 0.717) is 41.1 Å². The van der Waals surface area contributed by atoms with E-state index in [4.69, 9.17) is 0 Å². The van der Waals surface area contributed by atoms with E-state index in [9.17, 15) is 71.1 Å². The van der Waals surface area contributed by atoms with E-state index in [1.165, 1.54) is 0 Å². The largest absolute Gasteiger partial charge is 0.464 e. The molecule has 0 fully saturated rings. The number of esters is 2. The number of hydrogen-bond donors (Lipinski definition) is 5. The van der Waals surface area contributed by atoms with Crippen LogP contribution in [0.1, 0.15) is 16.1 Å². The number of nitrogens with zero attached hydrogens (tertiary/aromatic N) is 3. The van der Waals surface area contributed by atoms with Crippen molar-refractivity contribution in [3.8, 4) is 5.69 Å². The van der Waals surface area contributed by atoms with Crippen LogP contribution in [0.15, 0.2) is 95.8 Å². The van der Waals surface area contributed by atoms with Gasteiger partial charge in [-0.3, -0.25) is 32.9 Å². The minimum absolute atomic E-state index is 0.238. The van der Waals surface area contributed by atoms with Crippen LogP contribution in [0, 0.1) is 0 Å². The first-order chi connectivity index (χ1) is 24.4. The fourth-order valence-corrected chi connectivity index (χ4v) is 6.77. The average Bonchev–Trinajstić information content (AvgIpc) is 3.57.